The van der Waals surface area contributed by atoms with E-state index in [9.17, 15) is 4.79 Å². The summed E-state index contributed by atoms with van der Waals surface area (Å²) in [7, 11) is 6.10. The highest BCUT2D eigenvalue weighted by atomic mass is 32.2. The molecule has 2 unspecified atom stereocenters. The molecule has 1 aliphatic carbocycles. The van der Waals surface area contributed by atoms with Gasteiger partial charge in [-0.3, -0.25) is 4.79 Å². The number of hydrogen-bond donors (Lipinski definition) is 0. The van der Waals surface area contributed by atoms with E-state index in [-0.39, 0.29) is 5.91 Å². The second-order valence-electron chi connectivity index (χ2n) is 8.03. The molecule has 0 radical (unpaired) electrons. The van der Waals surface area contributed by atoms with Crippen LogP contribution < -0.4 is 0 Å². The Bertz CT molecular complexity index is 606. The molecule has 1 aliphatic rings. The second kappa shape index (κ2) is 11.4. The lowest BCUT2D eigenvalue weighted by atomic mass is 10.00. The first kappa shape index (κ1) is 22.6. The van der Waals surface area contributed by atoms with E-state index in [1.54, 1.807) is 0 Å². The van der Waals surface area contributed by atoms with Crippen molar-refractivity contribution in [2.45, 2.75) is 61.3 Å². The first-order valence-corrected chi connectivity index (χ1v) is 12.0. The van der Waals surface area contributed by atoms with Crippen molar-refractivity contribution in [3.05, 3.63) is 29.3 Å². The van der Waals surface area contributed by atoms with E-state index >= 15 is 0 Å². The zero-order chi connectivity index (χ0) is 19.8. The number of carbonyl (C=O) groups is 1. The Morgan fingerprint density at radius 1 is 1.07 bits per heavy atom. The van der Waals surface area contributed by atoms with Crippen LogP contribution in [0.2, 0.25) is 0 Å². The van der Waals surface area contributed by atoms with Crippen LogP contribution in [0.5, 0.6) is 0 Å². The van der Waals surface area contributed by atoms with E-state index in [2.05, 4.69) is 51.0 Å². The third kappa shape index (κ3) is 7.71. The molecule has 0 aromatic heterocycles. The van der Waals surface area contributed by atoms with Gasteiger partial charge < -0.3 is 9.80 Å². The number of benzene rings is 1. The summed E-state index contributed by atoms with van der Waals surface area (Å²) in [6, 6.07) is 6.74. The molecule has 1 aromatic rings. The van der Waals surface area contributed by atoms with Crippen LogP contribution in [0, 0.1) is 13.8 Å². The van der Waals surface area contributed by atoms with E-state index in [0.29, 0.717) is 16.3 Å². The Kier molecular flexibility index (Phi) is 9.54. The summed E-state index contributed by atoms with van der Waals surface area (Å²) in [6.45, 7) is 6.26. The third-order valence-electron chi connectivity index (χ3n) is 5.21. The van der Waals surface area contributed by atoms with Gasteiger partial charge in [0.1, 0.15) is 0 Å². The second-order valence-corrected chi connectivity index (χ2v) is 10.5. The maximum atomic E-state index is 12.5. The van der Waals surface area contributed by atoms with Crippen LogP contribution in [0.1, 0.15) is 43.2 Å². The summed E-state index contributed by atoms with van der Waals surface area (Å²) >= 11 is 3.93. The molecule has 2 atom stereocenters. The minimum absolute atomic E-state index is 0.278. The van der Waals surface area contributed by atoms with E-state index < -0.39 is 0 Å². The minimum Gasteiger partial charge on any atom is -0.345 e. The Hall–Kier alpha value is -0.650. The molecular weight excluding hydrogens is 372 g/mol. The lowest BCUT2D eigenvalue weighted by Crippen LogP contribution is -2.33. The van der Waals surface area contributed by atoms with Crippen LogP contribution in [0.4, 0.5) is 0 Å². The van der Waals surface area contributed by atoms with Gasteiger partial charge in [0.05, 0.1) is 5.75 Å². The molecule has 1 amide bonds. The van der Waals surface area contributed by atoms with Gasteiger partial charge in [-0.15, -0.1) is 23.5 Å². The summed E-state index contributed by atoms with van der Waals surface area (Å²) in [5, 5.41) is 1.21. The highest BCUT2D eigenvalue weighted by molar-refractivity contribution is 8.04. The van der Waals surface area contributed by atoms with Crippen molar-refractivity contribution in [1.82, 2.24) is 9.80 Å². The molecule has 3 nitrogen and oxygen atoms in total. The third-order valence-corrected chi connectivity index (χ3v) is 8.35. The molecule has 1 fully saturated rings. The lowest BCUT2D eigenvalue weighted by Gasteiger charge is -2.31. The number of thioether (sulfide) groups is 2. The van der Waals surface area contributed by atoms with Gasteiger partial charge in [-0.05, 0) is 65.4 Å². The monoisotopic (exact) mass is 408 g/mol. The fourth-order valence-electron chi connectivity index (χ4n) is 3.42. The summed E-state index contributed by atoms with van der Waals surface area (Å²) in [4.78, 5) is 18.0. The number of hydrogen-bond acceptors (Lipinski definition) is 4. The Balaban J connectivity index is 1.86. The van der Waals surface area contributed by atoms with Crippen LogP contribution in [0.25, 0.3) is 0 Å². The molecular formula is C22H36N2OS2. The van der Waals surface area contributed by atoms with Gasteiger partial charge in [-0.1, -0.05) is 30.5 Å². The maximum absolute atomic E-state index is 12.5. The average molecular weight is 409 g/mol. The number of rotatable bonds is 9. The Morgan fingerprint density at radius 2 is 1.78 bits per heavy atom. The fourth-order valence-corrected chi connectivity index (χ4v) is 6.49. The van der Waals surface area contributed by atoms with Gasteiger partial charge in [-0.2, -0.15) is 0 Å². The minimum atomic E-state index is 0.278. The number of carbonyl (C=O) groups excluding carboxylic acids is 1. The van der Waals surface area contributed by atoms with Gasteiger partial charge in [0, 0.05) is 29.0 Å². The van der Waals surface area contributed by atoms with Crippen LogP contribution in [-0.2, 0) is 4.79 Å². The van der Waals surface area contributed by atoms with Crippen molar-refractivity contribution in [2.75, 3.05) is 40.0 Å². The zero-order valence-corrected chi connectivity index (χ0v) is 19.3. The first-order valence-electron chi connectivity index (χ1n) is 10.1. The lowest BCUT2D eigenvalue weighted by molar-refractivity contribution is -0.127. The van der Waals surface area contributed by atoms with Gasteiger partial charge in [0.15, 0.2) is 0 Å². The Morgan fingerprint density at radius 3 is 2.48 bits per heavy atom. The van der Waals surface area contributed by atoms with E-state index in [1.807, 2.05) is 35.5 Å². The van der Waals surface area contributed by atoms with E-state index in [0.717, 1.165) is 19.5 Å². The van der Waals surface area contributed by atoms with Crippen molar-refractivity contribution in [1.29, 1.82) is 0 Å². The van der Waals surface area contributed by atoms with Crippen LogP contribution in [0.15, 0.2) is 23.1 Å². The number of nitrogens with zero attached hydrogens (tertiary/aromatic N) is 2. The average Bonchev–Trinajstić information content (AvgIpc) is 2.63. The maximum Gasteiger partial charge on any atom is 0.232 e. The first-order chi connectivity index (χ1) is 12.9. The van der Waals surface area contributed by atoms with Gasteiger partial charge in [0.25, 0.3) is 0 Å². The topological polar surface area (TPSA) is 23.6 Å². The summed E-state index contributed by atoms with van der Waals surface area (Å²) in [6.07, 6.45) is 6.16. The molecule has 27 heavy (non-hydrogen) atoms. The van der Waals surface area contributed by atoms with Gasteiger partial charge in [-0.25, -0.2) is 0 Å². The van der Waals surface area contributed by atoms with Crippen LogP contribution in [-0.4, -0.2) is 66.2 Å². The summed E-state index contributed by atoms with van der Waals surface area (Å²) < 4.78 is 0. The SMILES string of the molecule is Cc1ccc(C)c(SC2CCCCC2SCC(=O)N(C)CCCN(C)C)c1. The van der Waals surface area contributed by atoms with E-state index in [1.165, 1.54) is 41.7 Å². The molecule has 0 saturated heterocycles. The summed E-state index contributed by atoms with van der Waals surface area (Å²) in [5.74, 6) is 0.896. The smallest absolute Gasteiger partial charge is 0.232 e. The predicted molar refractivity (Wildman–Crippen MR) is 121 cm³/mol. The molecule has 1 aromatic carbocycles. The van der Waals surface area contributed by atoms with Crippen molar-refractivity contribution >= 4 is 29.4 Å². The molecule has 152 valence electrons. The van der Waals surface area contributed by atoms with Crippen molar-refractivity contribution in [2.24, 2.45) is 0 Å². The molecule has 5 heteroatoms. The largest absolute Gasteiger partial charge is 0.345 e. The van der Waals surface area contributed by atoms with Crippen molar-refractivity contribution < 1.29 is 4.79 Å². The highest BCUT2D eigenvalue weighted by Crippen LogP contribution is 2.40. The molecule has 1 saturated carbocycles. The van der Waals surface area contributed by atoms with Gasteiger partial charge >= 0.3 is 0 Å². The van der Waals surface area contributed by atoms with E-state index in [4.69, 9.17) is 0 Å². The normalized spacial score (nSPS) is 20.1. The molecule has 0 heterocycles. The molecule has 2 rings (SSSR count). The Labute approximate surface area is 174 Å². The van der Waals surface area contributed by atoms with Crippen LogP contribution >= 0.6 is 23.5 Å². The zero-order valence-electron chi connectivity index (χ0n) is 17.7. The molecule has 0 aliphatic heterocycles. The number of amides is 1. The highest BCUT2D eigenvalue weighted by Gasteiger charge is 2.27. The fraction of sp³-hybridized carbons (Fsp3) is 0.682. The predicted octanol–water partition coefficient (Wildman–Crippen LogP) is 4.85. The molecule has 0 N–H and O–H groups in total. The quantitative estimate of drug-likeness (QED) is 0.583. The van der Waals surface area contributed by atoms with Gasteiger partial charge in [0.2, 0.25) is 5.91 Å². The number of aryl methyl sites for hydroxylation is 2. The summed E-state index contributed by atoms with van der Waals surface area (Å²) in [5.41, 5.74) is 2.70. The van der Waals surface area contributed by atoms with Crippen molar-refractivity contribution in [3.63, 3.8) is 0 Å². The standard InChI is InChI=1S/C22H36N2OS2/c1-17-11-12-18(2)21(15-17)27-20-10-7-6-9-19(20)26-16-22(25)24(5)14-8-13-23(3)4/h11-12,15,19-20H,6-10,13-14,16H2,1-5H3. The molecule has 0 bridgehead atoms. The van der Waals surface area contributed by atoms with Crippen molar-refractivity contribution in [3.8, 4) is 0 Å². The van der Waals surface area contributed by atoms with Crippen LogP contribution in [0.3, 0.4) is 0 Å². The molecule has 0 spiro atoms.